The molecule has 0 saturated carbocycles. The largest absolute Gasteiger partial charge is 0.480 e. The Hall–Kier alpha value is -1.79. The van der Waals surface area contributed by atoms with Crippen molar-refractivity contribution in [2.45, 2.75) is 65.1 Å². The minimum absolute atomic E-state index is 0.159. The van der Waals surface area contributed by atoms with Crippen LogP contribution in [0.2, 0.25) is 0 Å². The van der Waals surface area contributed by atoms with Crippen LogP contribution in [0, 0.1) is 5.92 Å². The van der Waals surface area contributed by atoms with Crippen LogP contribution in [0.4, 0.5) is 4.79 Å². The fourth-order valence-corrected chi connectivity index (χ4v) is 2.40. The maximum absolute atomic E-state index is 12.3. The summed E-state index contributed by atoms with van der Waals surface area (Å²) < 4.78 is 5.12. The minimum atomic E-state index is -1.01. The summed E-state index contributed by atoms with van der Waals surface area (Å²) in [4.78, 5) is 36.8. The molecule has 0 radical (unpaired) electrons. The Balaban J connectivity index is 2.68. The number of carboxylic acid groups (broad SMARTS) is 1. The molecular formula is C15H26N2O5. The predicted molar refractivity (Wildman–Crippen MR) is 80.4 cm³/mol. The van der Waals surface area contributed by atoms with Crippen molar-refractivity contribution in [1.82, 2.24) is 10.2 Å². The van der Waals surface area contributed by atoms with Crippen molar-refractivity contribution >= 4 is 18.0 Å². The molecule has 0 spiro atoms. The number of rotatable bonds is 5. The molecule has 0 bridgehead atoms. The van der Waals surface area contributed by atoms with Crippen LogP contribution >= 0.6 is 0 Å². The van der Waals surface area contributed by atoms with E-state index in [-0.39, 0.29) is 11.8 Å². The Labute approximate surface area is 131 Å². The zero-order valence-corrected chi connectivity index (χ0v) is 13.9. The van der Waals surface area contributed by atoms with Gasteiger partial charge in [-0.3, -0.25) is 4.79 Å². The lowest BCUT2D eigenvalue weighted by Crippen LogP contribution is -2.48. The van der Waals surface area contributed by atoms with Crippen molar-refractivity contribution in [2.24, 2.45) is 5.92 Å². The molecule has 1 aliphatic rings. The molecule has 2 N–H and O–H groups in total. The van der Waals surface area contributed by atoms with Crippen molar-refractivity contribution < 1.29 is 24.2 Å². The summed E-state index contributed by atoms with van der Waals surface area (Å²) in [5.74, 6) is -1.22. The second-order valence-electron chi connectivity index (χ2n) is 7.00. The van der Waals surface area contributed by atoms with Crippen molar-refractivity contribution in [1.29, 1.82) is 0 Å². The van der Waals surface area contributed by atoms with Gasteiger partial charge in [0, 0.05) is 6.54 Å². The SMILES string of the molecule is CC(C)C[C@@H](C(=O)O)N1CC[C@@H](NC(=O)OC(C)(C)C)C1=O. The maximum atomic E-state index is 12.3. The Kier molecular flexibility index (Phi) is 5.79. The highest BCUT2D eigenvalue weighted by molar-refractivity contribution is 5.91. The van der Waals surface area contributed by atoms with E-state index in [1.165, 1.54) is 4.90 Å². The zero-order chi connectivity index (χ0) is 17.1. The average Bonchev–Trinajstić information content (AvgIpc) is 2.65. The second-order valence-corrected chi connectivity index (χ2v) is 7.00. The first-order valence-corrected chi connectivity index (χ1v) is 7.54. The van der Waals surface area contributed by atoms with Crippen LogP contribution in [0.1, 0.15) is 47.5 Å². The molecule has 7 nitrogen and oxygen atoms in total. The molecule has 0 aromatic carbocycles. The number of amides is 2. The van der Waals surface area contributed by atoms with Gasteiger partial charge >= 0.3 is 12.1 Å². The van der Waals surface area contributed by atoms with Gasteiger partial charge in [0.2, 0.25) is 5.91 Å². The number of likely N-dealkylation sites (tertiary alicyclic amines) is 1. The van der Waals surface area contributed by atoms with Crippen molar-refractivity contribution in [2.75, 3.05) is 6.54 Å². The molecular weight excluding hydrogens is 288 g/mol. The van der Waals surface area contributed by atoms with Crippen LogP contribution in [0.15, 0.2) is 0 Å². The molecule has 22 heavy (non-hydrogen) atoms. The number of carboxylic acids is 1. The van der Waals surface area contributed by atoms with E-state index in [2.05, 4.69) is 5.32 Å². The van der Waals surface area contributed by atoms with Crippen LogP contribution in [0.25, 0.3) is 0 Å². The van der Waals surface area contributed by atoms with Gasteiger partial charge in [-0.15, -0.1) is 0 Å². The summed E-state index contributed by atoms with van der Waals surface area (Å²) in [5, 5.41) is 11.8. The molecule has 1 aliphatic heterocycles. The van der Waals surface area contributed by atoms with Gasteiger partial charge in [0.1, 0.15) is 17.7 Å². The monoisotopic (exact) mass is 314 g/mol. The Morgan fingerprint density at radius 1 is 1.41 bits per heavy atom. The number of hydrogen-bond donors (Lipinski definition) is 2. The quantitative estimate of drug-likeness (QED) is 0.803. The topological polar surface area (TPSA) is 95.9 Å². The van der Waals surface area contributed by atoms with Gasteiger partial charge in [-0.05, 0) is 39.5 Å². The third kappa shape index (κ3) is 5.20. The maximum Gasteiger partial charge on any atom is 0.408 e. The fraction of sp³-hybridized carbons (Fsp3) is 0.800. The highest BCUT2D eigenvalue weighted by Gasteiger charge is 2.40. The third-order valence-corrected chi connectivity index (χ3v) is 3.29. The molecule has 2 amide bonds. The van der Waals surface area contributed by atoms with E-state index in [4.69, 9.17) is 4.74 Å². The van der Waals surface area contributed by atoms with Crippen LogP contribution in [-0.2, 0) is 14.3 Å². The molecule has 2 atom stereocenters. The van der Waals surface area contributed by atoms with Gasteiger partial charge in [0.05, 0.1) is 0 Å². The summed E-state index contributed by atoms with van der Waals surface area (Å²) >= 11 is 0. The number of ether oxygens (including phenoxy) is 1. The number of aliphatic carboxylic acids is 1. The van der Waals surface area contributed by atoms with Crippen LogP contribution in [0.5, 0.6) is 0 Å². The summed E-state index contributed by atoms with van der Waals surface area (Å²) in [7, 11) is 0. The molecule has 0 unspecified atom stereocenters. The molecule has 0 aromatic rings. The Bertz CT molecular complexity index is 442. The molecule has 0 aromatic heterocycles. The molecule has 1 heterocycles. The first-order valence-electron chi connectivity index (χ1n) is 7.54. The third-order valence-electron chi connectivity index (χ3n) is 3.29. The lowest BCUT2D eigenvalue weighted by Gasteiger charge is -2.26. The number of carbonyl (C=O) groups excluding carboxylic acids is 2. The van der Waals surface area contributed by atoms with E-state index >= 15 is 0 Å². The lowest BCUT2D eigenvalue weighted by molar-refractivity contribution is -0.149. The van der Waals surface area contributed by atoms with E-state index in [0.29, 0.717) is 19.4 Å². The molecule has 1 rings (SSSR count). The second kappa shape index (κ2) is 6.98. The molecule has 1 fully saturated rings. The summed E-state index contributed by atoms with van der Waals surface area (Å²) in [6.07, 6.45) is 0.114. The van der Waals surface area contributed by atoms with E-state index in [1.807, 2.05) is 13.8 Å². The van der Waals surface area contributed by atoms with Crippen molar-refractivity contribution in [3.63, 3.8) is 0 Å². The number of nitrogens with zero attached hydrogens (tertiary/aromatic N) is 1. The highest BCUT2D eigenvalue weighted by atomic mass is 16.6. The smallest absolute Gasteiger partial charge is 0.408 e. The summed E-state index contributed by atoms with van der Waals surface area (Å²) in [6, 6.07) is -1.57. The van der Waals surface area contributed by atoms with Crippen molar-refractivity contribution in [3.05, 3.63) is 0 Å². The highest BCUT2D eigenvalue weighted by Crippen LogP contribution is 2.20. The number of hydrogen-bond acceptors (Lipinski definition) is 4. The predicted octanol–water partition coefficient (Wildman–Crippen LogP) is 1.61. The molecule has 126 valence electrons. The summed E-state index contributed by atoms with van der Waals surface area (Å²) in [5.41, 5.74) is -0.646. The van der Waals surface area contributed by atoms with Crippen LogP contribution in [0.3, 0.4) is 0 Å². The van der Waals surface area contributed by atoms with Gasteiger partial charge in [0.15, 0.2) is 0 Å². The molecule has 0 aliphatic carbocycles. The van der Waals surface area contributed by atoms with Gasteiger partial charge in [-0.25, -0.2) is 9.59 Å². The van der Waals surface area contributed by atoms with Crippen LogP contribution < -0.4 is 5.32 Å². The molecule has 1 saturated heterocycles. The number of alkyl carbamates (subject to hydrolysis) is 1. The first-order chi connectivity index (χ1) is 10.0. The van der Waals surface area contributed by atoms with Crippen molar-refractivity contribution in [3.8, 4) is 0 Å². The van der Waals surface area contributed by atoms with Gasteiger partial charge in [0.25, 0.3) is 0 Å². The molecule has 7 heteroatoms. The van der Waals surface area contributed by atoms with E-state index in [1.54, 1.807) is 20.8 Å². The average molecular weight is 314 g/mol. The van der Waals surface area contributed by atoms with Crippen LogP contribution in [-0.4, -0.2) is 52.2 Å². The fourth-order valence-electron chi connectivity index (χ4n) is 2.40. The van der Waals surface area contributed by atoms with Gasteiger partial charge in [-0.2, -0.15) is 0 Å². The zero-order valence-electron chi connectivity index (χ0n) is 13.9. The number of nitrogens with one attached hydrogen (secondary N) is 1. The first kappa shape index (κ1) is 18.3. The van der Waals surface area contributed by atoms with E-state index in [9.17, 15) is 19.5 Å². The standard InChI is InChI=1S/C15H26N2O5/c1-9(2)8-11(13(19)20)17-7-6-10(12(17)18)16-14(21)22-15(3,4)5/h9-11H,6-8H2,1-5H3,(H,16,21)(H,19,20)/t10-,11+/m1/s1. The Morgan fingerprint density at radius 2 is 2.00 bits per heavy atom. The Morgan fingerprint density at radius 3 is 2.45 bits per heavy atom. The minimum Gasteiger partial charge on any atom is -0.480 e. The summed E-state index contributed by atoms with van der Waals surface area (Å²) in [6.45, 7) is 9.35. The van der Waals surface area contributed by atoms with E-state index < -0.39 is 29.7 Å². The normalized spacial score (nSPS) is 20.2. The van der Waals surface area contributed by atoms with Gasteiger partial charge < -0.3 is 20.1 Å². The lowest BCUT2D eigenvalue weighted by atomic mass is 10.0. The van der Waals surface area contributed by atoms with Gasteiger partial charge in [-0.1, -0.05) is 13.8 Å². The number of carbonyl (C=O) groups is 3. The van der Waals surface area contributed by atoms with E-state index in [0.717, 1.165) is 0 Å².